The number of hydrogen-bond donors (Lipinski definition) is 0. The third kappa shape index (κ3) is 5.30. The molecule has 1 aliphatic heterocycles. The van der Waals surface area contributed by atoms with E-state index in [0.717, 1.165) is 43.1 Å². The molecule has 34 heavy (non-hydrogen) atoms. The number of nitrogens with zero attached hydrogens (tertiary/aromatic N) is 5. The Hall–Kier alpha value is -3.20. The highest BCUT2D eigenvalue weighted by Gasteiger charge is 2.23. The minimum atomic E-state index is -0.00277. The van der Waals surface area contributed by atoms with Gasteiger partial charge < -0.3 is 19.3 Å². The van der Waals surface area contributed by atoms with Crippen LogP contribution in [0.4, 0.5) is 5.95 Å². The third-order valence-corrected chi connectivity index (χ3v) is 6.83. The molecule has 1 aliphatic rings. The Morgan fingerprint density at radius 3 is 2.47 bits per heavy atom. The van der Waals surface area contributed by atoms with Crippen LogP contribution in [0.15, 0.2) is 53.7 Å². The van der Waals surface area contributed by atoms with Crippen molar-refractivity contribution in [3.05, 3.63) is 54.1 Å². The zero-order chi connectivity index (χ0) is 23.9. The molecule has 0 aliphatic carbocycles. The molecule has 2 heterocycles. The highest BCUT2D eigenvalue weighted by molar-refractivity contribution is 7.99. The lowest BCUT2D eigenvalue weighted by atomic mass is 10.1. The first-order valence-electron chi connectivity index (χ1n) is 11.4. The molecule has 0 N–H and O–H groups in total. The summed E-state index contributed by atoms with van der Waals surface area (Å²) in [4.78, 5) is 17.0. The van der Waals surface area contributed by atoms with E-state index in [1.165, 1.54) is 18.2 Å². The maximum Gasteiger partial charge on any atom is 0.233 e. The number of aromatic nitrogens is 3. The van der Waals surface area contributed by atoms with Crippen molar-refractivity contribution in [1.82, 2.24) is 19.7 Å². The second kappa shape index (κ2) is 11.3. The fraction of sp³-hybridized carbons (Fsp3) is 0.400. The average Bonchev–Trinajstić information content (AvgIpc) is 3.32. The number of thioether (sulfide) groups is 1. The summed E-state index contributed by atoms with van der Waals surface area (Å²) in [7, 11) is 5.01. The van der Waals surface area contributed by atoms with Gasteiger partial charge in [-0.3, -0.25) is 9.36 Å². The Morgan fingerprint density at radius 1 is 1.00 bits per heavy atom. The summed E-state index contributed by atoms with van der Waals surface area (Å²) in [6, 6.07) is 15.8. The van der Waals surface area contributed by atoms with E-state index in [9.17, 15) is 4.79 Å². The molecule has 1 fully saturated rings. The Kier molecular flexibility index (Phi) is 7.95. The molecule has 4 rings (SSSR count). The van der Waals surface area contributed by atoms with Crippen molar-refractivity contribution in [3.63, 3.8) is 0 Å². The quantitative estimate of drug-likeness (QED) is 0.427. The van der Waals surface area contributed by atoms with Gasteiger partial charge in [-0.25, -0.2) is 0 Å². The van der Waals surface area contributed by atoms with Crippen LogP contribution >= 0.6 is 11.8 Å². The molecule has 0 spiro atoms. The van der Waals surface area contributed by atoms with Crippen LogP contribution in [0.2, 0.25) is 0 Å². The van der Waals surface area contributed by atoms with Gasteiger partial charge in [0.05, 0.1) is 25.7 Å². The van der Waals surface area contributed by atoms with E-state index in [0.29, 0.717) is 23.2 Å². The second-order valence-corrected chi connectivity index (χ2v) is 9.13. The van der Waals surface area contributed by atoms with Crippen molar-refractivity contribution < 1.29 is 14.3 Å². The molecule has 3 aromatic rings. The molecule has 2 aromatic carbocycles. The highest BCUT2D eigenvalue weighted by Crippen LogP contribution is 2.32. The summed E-state index contributed by atoms with van der Waals surface area (Å²) in [6.45, 7) is 2.36. The summed E-state index contributed by atoms with van der Waals surface area (Å²) in [6.07, 6.45) is 3.55. The topological polar surface area (TPSA) is 72.7 Å². The van der Waals surface area contributed by atoms with Gasteiger partial charge in [-0.15, -0.1) is 10.2 Å². The first-order chi connectivity index (χ1) is 16.6. The molecule has 0 unspecified atom stereocenters. The standard InChI is InChI=1S/C25H31N5O3S/c1-28(17-19-11-10-14-21(32-2)23(19)33-3)22(31)18-34-25-27-26-24(29-15-8-5-9-16-29)30(25)20-12-6-4-7-13-20/h4,6-7,10-14H,5,8-9,15-18H2,1-3H3. The molecule has 9 heteroatoms. The fourth-order valence-electron chi connectivity index (χ4n) is 4.12. The van der Waals surface area contributed by atoms with E-state index in [-0.39, 0.29) is 11.7 Å². The lowest BCUT2D eigenvalue weighted by molar-refractivity contribution is -0.127. The highest BCUT2D eigenvalue weighted by atomic mass is 32.2. The van der Waals surface area contributed by atoms with E-state index in [4.69, 9.17) is 9.47 Å². The molecule has 1 aromatic heterocycles. The van der Waals surface area contributed by atoms with Gasteiger partial charge in [-0.05, 0) is 37.5 Å². The Morgan fingerprint density at radius 2 is 1.76 bits per heavy atom. The predicted molar refractivity (Wildman–Crippen MR) is 134 cm³/mol. The van der Waals surface area contributed by atoms with Crippen LogP contribution in [0.3, 0.4) is 0 Å². The summed E-state index contributed by atoms with van der Waals surface area (Å²) in [5.41, 5.74) is 1.89. The van der Waals surface area contributed by atoms with E-state index in [1.807, 2.05) is 48.5 Å². The minimum Gasteiger partial charge on any atom is -0.493 e. The number of methoxy groups -OCH3 is 2. The van der Waals surface area contributed by atoms with Crippen molar-refractivity contribution in [2.75, 3.05) is 45.0 Å². The average molecular weight is 482 g/mol. The summed E-state index contributed by atoms with van der Waals surface area (Å²) >= 11 is 1.41. The SMILES string of the molecule is COc1cccc(CN(C)C(=O)CSc2nnc(N3CCCCC3)n2-c2ccccc2)c1OC. The van der Waals surface area contributed by atoms with Crippen LogP contribution in [-0.4, -0.2) is 65.7 Å². The number of hydrogen-bond acceptors (Lipinski definition) is 7. The molecule has 180 valence electrons. The molecule has 0 radical (unpaired) electrons. The van der Waals surface area contributed by atoms with Gasteiger partial charge in [0.25, 0.3) is 0 Å². The number of rotatable bonds is 9. The van der Waals surface area contributed by atoms with Crippen LogP contribution in [0.25, 0.3) is 5.69 Å². The van der Waals surface area contributed by atoms with E-state index in [2.05, 4.69) is 19.7 Å². The van der Waals surface area contributed by atoms with Crippen molar-refractivity contribution in [3.8, 4) is 17.2 Å². The number of piperidine rings is 1. The third-order valence-electron chi connectivity index (χ3n) is 5.91. The second-order valence-electron chi connectivity index (χ2n) is 8.19. The predicted octanol–water partition coefficient (Wildman–Crippen LogP) is 4.03. The Bertz CT molecular complexity index is 1100. The van der Waals surface area contributed by atoms with Crippen LogP contribution < -0.4 is 14.4 Å². The number of amides is 1. The lowest BCUT2D eigenvalue weighted by Crippen LogP contribution is -2.31. The molecule has 0 atom stereocenters. The van der Waals surface area contributed by atoms with E-state index < -0.39 is 0 Å². The first kappa shape index (κ1) is 23.9. The van der Waals surface area contributed by atoms with Crippen molar-refractivity contribution in [2.45, 2.75) is 31.0 Å². The minimum absolute atomic E-state index is 0.00277. The van der Waals surface area contributed by atoms with Crippen LogP contribution in [-0.2, 0) is 11.3 Å². The molecule has 0 bridgehead atoms. The van der Waals surface area contributed by atoms with Gasteiger partial charge in [0.2, 0.25) is 11.9 Å². The molecular formula is C25H31N5O3S. The lowest BCUT2D eigenvalue weighted by Gasteiger charge is -2.27. The monoisotopic (exact) mass is 481 g/mol. The number of anilines is 1. The largest absolute Gasteiger partial charge is 0.493 e. The Balaban J connectivity index is 1.49. The molecule has 8 nitrogen and oxygen atoms in total. The number of carbonyl (C=O) groups is 1. The summed E-state index contributed by atoms with van der Waals surface area (Å²) in [5, 5.41) is 9.69. The number of benzene rings is 2. The zero-order valence-corrected chi connectivity index (χ0v) is 20.8. The van der Waals surface area contributed by atoms with E-state index >= 15 is 0 Å². The van der Waals surface area contributed by atoms with Crippen LogP contribution in [0.5, 0.6) is 11.5 Å². The van der Waals surface area contributed by atoms with Crippen molar-refractivity contribution >= 4 is 23.6 Å². The van der Waals surface area contributed by atoms with Gasteiger partial charge in [0.1, 0.15) is 0 Å². The summed E-state index contributed by atoms with van der Waals surface area (Å²) in [5.74, 6) is 2.39. The molecule has 1 amide bonds. The van der Waals surface area contributed by atoms with E-state index in [1.54, 1.807) is 26.2 Å². The van der Waals surface area contributed by atoms with Crippen LogP contribution in [0.1, 0.15) is 24.8 Å². The first-order valence-corrected chi connectivity index (χ1v) is 12.4. The number of carbonyl (C=O) groups excluding carboxylic acids is 1. The zero-order valence-electron chi connectivity index (χ0n) is 19.9. The number of para-hydroxylation sites is 2. The number of ether oxygens (including phenoxy) is 2. The normalized spacial score (nSPS) is 13.6. The van der Waals surface area contributed by atoms with Gasteiger partial charge >= 0.3 is 0 Å². The van der Waals surface area contributed by atoms with Crippen molar-refractivity contribution in [2.24, 2.45) is 0 Å². The Labute approximate surface area is 204 Å². The summed E-state index contributed by atoms with van der Waals surface area (Å²) < 4.78 is 12.9. The molecule has 0 saturated carbocycles. The molecular weight excluding hydrogens is 450 g/mol. The van der Waals surface area contributed by atoms with Crippen LogP contribution in [0, 0.1) is 0 Å². The molecule has 1 saturated heterocycles. The maximum absolute atomic E-state index is 13.0. The van der Waals surface area contributed by atoms with Gasteiger partial charge in [-0.1, -0.05) is 42.1 Å². The fourth-order valence-corrected chi connectivity index (χ4v) is 5.00. The van der Waals surface area contributed by atoms with Gasteiger partial charge in [-0.2, -0.15) is 0 Å². The van der Waals surface area contributed by atoms with Gasteiger partial charge in [0.15, 0.2) is 16.7 Å². The van der Waals surface area contributed by atoms with Gasteiger partial charge in [0, 0.05) is 32.2 Å². The smallest absolute Gasteiger partial charge is 0.233 e. The van der Waals surface area contributed by atoms with Crippen molar-refractivity contribution in [1.29, 1.82) is 0 Å². The maximum atomic E-state index is 13.0.